The van der Waals surface area contributed by atoms with Gasteiger partial charge in [0.05, 0.1) is 24.7 Å². The number of benzene rings is 2. The minimum atomic E-state index is -3.68. The highest BCUT2D eigenvalue weighted by molar-refractivity contribution is 7.89. The first kappa shape index (κ1) is 22.4. The van der Waals surface area contributed by atoms with Gasteiger partial charge in [-0.15, -0.1) is 0 Å². The van der Waals surface area contributed by atoms with Crippen LogP contribution >= 0.6 is 0 Å². The van der Waals surface area contributed by atoms with E-state index in [9.17, 15) is 8.42 Å². The van der Waals surface area contributed by atoms with E-state index in [1.54, 1.807) is 22.3 Å². The van der Waals surface area contributed by atoms with E-state index >= 15 is 0 Å². The molecule has 0 aliphatic carbocycles. The van der Waals surface area contributed by atoms with Crippen molar-refractivity contribution >= 4 is 15.7 Å². The van der Waals surface area contributed by atoms with E-state index in [1.807, 2.05) is 75.4 Å². The summed E-state index contributed by atoms with van der Waals surface area (Å²) < 4.78 is 35.8. The zero-order valence-electron chi connectivity index (χ0n) is 19.0. The number of hydrogen-bond donors (Lipinski definition) is 0. The van der Waals surface area contributed by atoms with Crippen LogP contribution in [0, 0.1) is 0 Å². The molecule has 1 fully saturated rings. The Kier molecular flexibility index (Phi) is 6.01. The number of rotatable bonds is 5. The Hall–Kier alpha value is -2.84. The average Bonchev–Trinajstić information content (AvgIpc) is 3.27. The van der Waals surface area contributed by atoms with Gasteiger partial charge in [-0.3, -0.25) is 0 Å². The quantitative estimate of drug-likeness (QED) is 0.588. The van der Waals surface area contributed by atoms with Gasteiger partial charge in [-0.05, 0) is 36.4 Å². The Labute approximate surface area is 190 Å². The lowest BCUT2D eigenvalue weighted by molar-refractivity contribution is 0.383. The smallest absolute Gasteiger partial charge is 0.246 e. The van der Waals surface area contributed by atoms with Gasteiger partial charge in [0.15, 0.2) is 0 Å². The van der Waals surface area contributed by atoms with Gasteiger partial charge in [0.1, 0.15) is 10.6 Å². The predicted molar refractivity (Wildman–Crippen MR) is 126 cm³/mol. The third-order valence-corrected chi connectivity index (χ3v) is 7.61. The molecule has 2 heterocycles. The third kappa shape index (κ3) is 4.38. The highest BCUT2D eigenvalue weighted by Crippen LogP contribution is 2.31. The first-order valence-corrected chi connectivity index (χ1v) is 12.2. The lowest BCUT2D eigenvalue weighted by atomic mass is 9.92. The monoisotopic (exact) mass is 454 g/mol. The van der Waals surface area contributed by atoms with Crippen LogP contribution in [0.4, 0.5) is 5.69 Å². The largest absolute Gasteiger partial charge is 0.497 e. The molecular formula is C24H30N4O3S. The fourth-order valence-corrected chi connectivity index (χ4v) is 5.64. The van der Waals surface area contributed by atoms with Crippen LogP contribution in [-0.4, -0.2) is 55.8 Å². The Morgan fingerprint density at radius 3 is 2.06 bits per heavy atom. The van der Waals surface area contributed by atoms with Crippen LogP contribution in [0.2, 0.25) is 0 Å². The number of hydrogen-bond acceptors (Lipinski definition) is 5. The fourth-order valence-electron chi connectivity index (χ4n) is 3.90. The molecule has 170 valence electrons. The molecule has 8 heteroatoms. The maximum Gasteiger partial charge on any atom is 0.246 e. The Balaban J connectivity index is 1.59. The molecule has 2 aromatic carbocycles. The van der Waals surface area contributed by atoms with Crippen molar-refractivity contribution in [1.29, 1.82) is 0 Å². The van der Waals surface area contributed by atoms with Crippen molar-refractivity contribution in [1.82, 2.24) is 14.1 Å². The van der Waals surface area contributed by atoms with Crippen LogP contribution in [0.25, 0.3) is 5.69 Å². The second-order valence-corrected chi connectivity index (χ2v) is 10.9. The Morgan fingerprint density at radius 2 is 1.50 bits per heavy atom. The molecule has 1 aliphatic heterocycles. The number of aromatic nitrogens is 2. The van der Waals surface area contributed by atoms with E-state index in [4.69, 9.17) is 4.74 Å². The number of sulfonamides is 1. The fraction of sp³-hybridized carbons (Fsp3) is 0.375. The lowest BCUT2D eigenvalue weighted by Crippen LogP contribution is -2.48. The molecule has 1 aromatic heterocycles. The van der Waals surface area contributed by atoms with Crippen LogP contribution in [-0.2, 0) is 15.4 Å². The van der Waals surface area contributed by atoms with Crippen LogP contribution < -0.4 is 9.64 Å². The molecular weight excluding hydrogens is 424 g/mol. The Bertz CT molecular complexity index is 1160. The van der Waals surface area contributed by atoms with Gasteiger partial charge in [0.25, 0.3) is 0 Å². The molecule has 0 radical (unpaired) electrons. The molecule has 0 spiro atoms. The second kappa shape index (κ2) is 8.60. The van der Waals surface area contributed by atoms with Gasteiger partial charge < -0.3 is 9.64 Å². The summed E-state index contributed by atoms with van der Waals surface area (Å²) in [5.74, 6) is 0.806. The standard InChI is InChI=1S/C24H30N4O3S/c1-24(2,3)23-22(18-28(25-23)20-8-6-5-7-9-20)32(29,30)27-16-14-26(15-17-27)19-10-12-21(31-4)13-11-19/h5-13,18H,14-17H2,1-4H3. The number of piperazine rings is 1. The van der Waals surface area contributed by atoms with Crippen molar-refractivity contribution in [2.45, 2.75) is 31.1 Å². The molecule has 3 aromatic rings. The highest BCUT2D eigenvalue weighted by Gasteiger charge is 2.35. The normalized spacial score (nSPS) is 15.7. The van der Waals surface area contributed by atoms with E-state index < -0.39 is 15.4 Å². The second-order valence-electron chi connectivity index (χ2n) is 8.96. The molecule has 7 nitrogen and oxygen atoms in total. The van der Waals surface area contributed by atoms with Crippen LogP contribution in [0.15, 0.2) is 65.7 Å². The maximum absolute atomic E-state index is 13.7. The highest BCUT2D eigenvalue weighted by atomic mass is 32.2. The summed E-state index contributed by atoms with van der Waals surface area (Å²) in [4.78, 5) is 2.48. The lowest BCUT2D eigenvalue weighted by Gasteiger charge is -2.35. The van der Waals surface area contributed by atoms with E-state index in [-0.39, 0.29) is 4.90 Å². The van der Waals surface area contributed by atoms with Crippen molar-refractivity contribution in [2.24, 2.45) is 0 Å². The zero-order valence-corrected chi connectivity index (χ0v) is 19.8. The SMILES string of the molecule is COc1ccc(N2CCN(S(=O)(=O)c3cn(-c4ccccc4)nc3C(C)(C)C)CC2)cc1. The molecule has 32 heavy (non-hydrogen) atoms. The molecule has 1 saturated heterocycles. The van der Waals surface area contributed by atoms with Gasteiger partial charge in [-0.1, -0.05) is 39.0 Å². The van der Waals surface area contributed by atoms with Crippen LogP contribution in [0.5, 0.6) is 5.75 Å². The first-order valence-electron chi connectivity index (χ1n) is 10.7. The van der Waals surface area contributed by atoms with Gasteiger partial charge >= 0.3 is 0 Å². The van der Waals surface area contributed by atoms with Crippen molar-refractivity contribution in [3.05, 3.63) is 66.5 Å². The maximum atomic E-state index is 13.7. The summed E-state index contributed by atoms with van der Waals surface area (Å²) in [6.45, 7) is 8.08. The summed E-state index contributed by atoms with van der Waals surface area (Å²) in [7, 11) is -2.03. The predicted octanol–water partition coefficient (Wildman–Crippen LogP) is 3.69. The van der Waals surface area contributed by atoms with Gasteiger partial charge in [-0.25, -0.2) is 13.1 Å². The van der Waals surface area contributed by atoms with E-state index in [2.05, 4.69) is 10.00 Å². The average molecular weight is 455 g/mol. The third-order valence-electron chi connectivity index (χ3n) is 5.71. The number of ether oxygens (including phenoxy) is 1. The summed E-state index contributed by atoms with van der Waals surface area (Å²) in [6.07, 6.45) is 1.65. The Morgan fingerprint density at radius 1 is 0.875 bits per heavy atom. The summed E-state index contributed by atoms with van der Waals surface area (Å²) in [5.41, 5.74) is 2.07. The van der Waals surface area contributed by atoms with Crippen LogP contribution in [0.3, 0.4) is 0 Å². The molecule has 0 bridgehead atoms. The van der Waals surface area contributed by atoms with Crippen molar-refractivity contribution < 1.29 is 13.2 Å². The number of methoxy groups -OCH3 is 1. The minimum Gasteiger partial charge on any atom is -0.497 e. The van der Waals surface area contributed by atoms with Gasteiger partial charge in [0, 0.05) is 37.3 Å². The summed E-state index contributed by atoms with van der Waals surface area (Å²) >= 11 is 0. The zero-order chi connectivity index (χ0) is 22.9. The van der Waals surface area contributed by atoms with E-state index in [1.165, 1.54) is 0 Å². The van der Waals surface area contributed by atoms with Crippen molar-refractivity contribution in [3.8, 4) is 11.4 Å². The summed E-state index contributed by atoms with van der Waals surface area (Å²) in [5, 5.41) is 4.68. The number of anilines is 1. The van der Waals surface area contributed by atoms with E-state index in [0.29, 0.717) is 31.9 Å². The summed E-state index contributed by atoms with van der Waals surface area (Å²) in [6, 6.07) is 17.5. The molecule has 0 amide bonds. The molecule has 0 N–H and O–H groups in total. The first-order chi connectivity index (χ1) is 15.2. The van der Waals surface area contributed by atoms with Crippen molar-refractivity contribution in [3.63, 3.8) is 0 Å². The molecule has 0 atom stereocenters. The van der Waals surface area contributed by atoms with Crippen molar-refractivity contribution in [2.75, 3.05) is 38.2 Å². The minimum absolute atomic E-state index is 0.284. The molecule has 1 aliphatic rings. The van der Waals surface area contributed by atoms with Gasteiger partial charge in [0.2, 0.25) is 10.0 Å². The molecule has 0 unspecified atom stereocenters. The molecule has 0 saturated carbocycles. The van der Waals surface area contributed by atoms with E-state index in [0.717, 1.165) is 17.1 Å². The molecule has 4 rings (SSSR count). The van der Waals surface area contributed by atoms with Crippen LogP contribution in [0.1, 0.15) is 26.5 Å². The number of para-hydroxylation sites is 1. The van der Waals surface area contributed by atoms with Gasteiger partial charge in [-0.2, -0.15) is 9.40 Å². The topological polar surface area (TPSA) is 67.7 Å². The number of nitrogens with zero attached hydrogens (tertiary/aromatic N) is 4.